The molecule has 1 unspecified atom stereocenters. The van der Waals surface area contributed by atoms with Crippen molar-refractivity contribution in [3.63, 3.8) is 0 Å². The molecule has 0 saturated carbocycles. The summed E-state index contributed by atoms with van der Waals surface area (Å²) in [5.41, 5.74) is 0.859. The topological polar surface area (TPSA) is 42.4 Å². The van der Waals surface area contributed by atoms with Crippen LogP contribution in [0.15, 0.2) is 52.5 Å². The van der Waals surface area contributed by atoms with Crippen LogP contribution < -0.4 is 4.74 Å². The standard InChI is InChI=1S/C15H17NO2S/c1-3-14(17)11-7-8-15(16-10-11)19-13-6-4-5-12(9-13)18-2/h4-10,14,17H,3H2,1-2H3. The van der Waals surface area contributed by atoms with Gasteiger partial charge in [0.25, 0.3) is 0 Å². The summed E-state index contributed by atoms with van der Waals surface area (Å²) in [6, 6.07) is 11.7. The first-order valence-electron chi connectivity index (χ1n) is 6.19. The Morgan fingerprint density at radius 2 is 2.16 bits per heavy atom. The SMILES string of the molecule is CCC(O)c1ccc(Sc2cccc(OC)c2)nc1. The highest BCUT2D eigenvalue weighted by Gasteiger charge is 2.06. The minimum absolute atomic E-state index is 0.427. The van der Waals surface area contributed by atoms with Crippen molar-refractivity contribution in [1.29, 1.82) is 0 Å². The molecule has 1 N–H and O–H groups in total. The first kappa shape index (κ1) is 13.9. The van der Waals surface area contributed by atoms with Crippen molar-refractivity contribution >= 4 is 11.8 Å². The van der Waals surface area contributed by atoms with Crippen LogP contribution in [-0.4, -0.2) is 17.2 Å². The van der Waals surface area contributed by atoms with E-state index in [9.17, 15) is 5.11 Å². The predicted octanol–water partition coefficient (Wildman–Crippen LogP) is 3.68. The molecule has 19 heavy (non-hydrogen) atoms. The molecule has 0 saturated heterocycles. The van der Waals surface area contributed by atoms with Crippen LogP contribution in [0.3, 0.4) is 0 Å². The number of aliphatic hydroxyl groups excluding tert-OH is 1. The number of aromatic nitrogens is 1. The van der Waals surface area contributed by atoms with E-state index < -0.39 is 6.10 Å². The number of aliphatic hydroxyl groups is 1. The molecule has 0 radical (unpaired) electrons. The molecule has 1 atom stereocenters. The number of methoxy groups -OCH3 is 1. The number of hydrogen-bond donors (Lipinski definition) is 1. The lowest BCUT2D eigenvalue weighted by atomic mass is 10.1. The summed E-state index contributed by atoms with van der Waals surface area (Å²) in [7, 11) is 1.66. The average molecular weight is 275 g/mol. The fourth-order valence-electron chi connectivity index (χ4n) is 1.67. The van der Waals surface area contributed by atoms with E-state index in [4.69, 9.17) is 4.74 Å². The molecule has 100 valence electrons. The maximum Gasteiger partial charge on any atom is 0.119 e. The molecular formula is C15H17NO2S. The van der Waals surface area contributed by atoms with Crippen LogP contribution in [0.1, 0.15) is 25.0 Å². The van der Waals surface area contributed by atoms with Gasteiger partial charge in [0.05, 0.1) is 13.2 Å². The highest BCUT2D eigenvalue weighted by Crippen LogP contribution is 2.29. The molecule has 1 aromatic heterocycles. The molecule has 0 bridgehead atoms. The number of rotatable bonds is 5. The van der Waals surface area contributed by atoms with E-state index >= 15 is 0 Å². The van der Waals surface area contributed by atoms with Crippen LogP contribution in [-0.2, 0) is 0 Å². The number of ether oxygens (including phenoxy) is 1. The van der Waals surface area contributed by atoms with Gasteiger partial charge in [-0.25, -0.2) is 4.98 Å². The van der Waals surface area contributed by atoms with Gasteiger partial charge in [-0.15, -0.1) is 0 Å². The molecule has 1 aromatic carbocycles. The van der Waals surface area contributed by atoms with Crippen LogP contribution in [0, 0.1) is 0 Å². The number of pyridine rings is 1. The van der Waals surface area contributed by atoms with Crippen LogP contribution in [0.4, 0.5) is 0 Å². The highest BCUT2D eigenvalue weighted by atomic mass is 32.2. The van der Waals surface area contributed by atoms with Crippen molar-refractivity contribution in [3.8, 4) is 5.75 Å². The molecule has 4 heteroatoms. The zero-order valence-corrected chi connectivity index (χ0v) is 11.9. The molecule has 0 fully saturated rings. The second-order valence-electron chi connectivity index (χ2n) is 4.13. The Morgan fingerprint density at radius 1 is 1.32 bits per heavy atom. The molecule has 2 aromatic rings. The lowest BCUT2D eigenvalue weighted by Crippen LogP contribution is -1.95. The van der Waals surface area contributed by atoms with Gasteiger partial charge in [-0.2, -0.15) is 0 Å². The van der Waals surface area contributed by atoms with Crippen LogP contribution in [0.2, 0.25) is 0 Å². The van der Waals surface area contributed by atoms with E-state index in [0.29, 0.717) is 6.42 Å². The minimum Gasteiger partial charge on any atom is -0.497 e. The summed E-state index contributed by atoms with van der Waals surface area (Å²) >= 11 is 1.57. The van der Waals surface area contributed by atoms with E-state index in [2.05, 4.69) is 4.98 Å². The molecule has 0 aliphatic rings. The molecule has 2 rings (SSSR count). The summed E-state index contributed by atoms with van der Waals surface area (Å²) in [5.74, 6) is 0.836. The quantitative estimate of drug-likeness (QED) is 0.903. The van der Waals surface area contributed by atoms with Crippen LogP contribution in [0.5, 0.6) is 5.75 Å². The van der Waals surface area contributed by atoms with Crippen molar-refractivity contribution < 1.29 is 9.84 Å². The minimum atomic E-state index is -0.427. The fourth-order valence-corrected chi connectivity index (χ4v) is 2.48. The first-order chi connectivity index (χ1) is 9.22. The van der Waals surface area contributed by atoms with Crippen LogP contribution >= 0.6 is 11.8 Å². The maximum absolute atomic E-state index is 9.71. The Bertz CT molecular complexity index is 528. The van der Waals surface area contributed by atoms with Gasteiger partial charge in [0.1, 0.15) is 10.8 Å². The largest absolute Gasteiger partial charge is 0.497 e. The third kappa shape index (κ3) is 3.72. The average Bonchev–Trinajstić information content (AvgIpc) is 2.47. The molecule has 0 spiro atoms. The zero-order valence-electron chi connectivity index (χ0n) is 11.0. The van der Waals surface area contributed by atoms with Gasteiger partial charge in [0.2, 0.25) is 0 Å². The lowest BCUT2D eigenvalue weighted by molar-refractivity contribution is 0.173. The highest BCUT2D eigenvalue weighted by molar-refractivity contribution is 7.99. The van der Waals surface area contributed by atoms with Gasteiger partial charge >= 0.3 is 0 Å². The smallest absolute Gasteiger partial charge is 0.119 e. The molecule has 0 aliphatic heterocycles. The summed E-state index contributed by atoms with van der Waals surface area (Å²) in [5, 5.41) is 10.6. The normalized spacial score (nSPS) is 12.2. The Balaban J connectivity index is 2.10. The van der Waals surface area contributed by atoms with Gasteiger partial charge < -0.3 is 9.84 Å². The monoisotopic (exact) mass is 275 g/mol. The van der Waals surface area contributed by atoms with Gasteiger partial charge in [0.15, 0.2) is 0 Å². The Hall–Kier alpha value is -1.52. The predicted molar refractivity (Wildman–Crippen MR) is 76.6 cm³/mol. The fraction of sp³-hybridized carbons (Fsp3) is 0.267. The van der Waals surface area contributed by atoms with Crippen molar-refractivity contribution in [2.75, 3.05) is 7.11 Å². The summed E-state index contributed by atoms with van der Waals surface area (Å²) in [6.07, 6.45) is 2.00. The number of hydrogen-bond acceptors (Lipinski definition) is 4. The third-order valence-corrected chi connectivity index (χ3v) is 3.73. The lowest BCUT2D eigenvalue weighted by Gasteiger charge is -2.08. The maximum atomic E-state index is 9.71. The second-order valence-corrected chi connectivity index (χ2v) is 5.23. The van der Waals surface area contributed by atoms with E-state index in [1.165, 1.54) is 0 Å². The summed E-state index contributed by atoms with van der Waals surface area (Å²) < 4.78 is 5.19. The van der Waals surface area contributed by atoms with E-state index in [1.54, 1.807) is 25.1 Å². The van der Waals surface area contributed by atoms with Crippen molar-refractivity contribution in [2.24, 2.45) is 0 Å². The van der Waals surface area contributed by atoms with Gasteiger partial charge in [-0.05, 0) is 36.2 Å². The van der Waals surface area contributed by atoms with E-state index in [1.807, 2.05) is 43.3 Å². The molecule has 3 nitrogen and oxygen atoms in total. The van der Waals surface area contributed by atoms with E-state index in [-0.39, 0.29) is 0 Å². The number of nitrogens with zero attached hydrogens (tertiary/aromatic N) is 1. The Kier molecular flexibility index (Phi) is 4.82. The van der Waals surface area contributed by atoms with Gasteiger partial charge in [-0.1, -0.05) is 30.8 Å². The molecular weight excluding hydrogens is 258 g/mol. The second kappa shape index (κ2) is 6.59. The molecule has 0 amide bonds. The van der Waals surface area contributed by atoms with Crippen molar-refractivity contribution in [3.05, 3.63) is 48.2 Å². The summed E-state index contributed by atoms with van der Waals surface area (Å²) in [4.78, 5) is 5.44. The van der Waals surface area contributed by atoms with Crippen LogP contribution in [0.25, 0.3) is 0 Å². The molecule has 0 aliphatic carbocycles. The first-order valence-corrected chi connectivity index (χ1v) is 7.00. The van der Waals surface area contributed by atoms with Gasteiger partial charge in [0, 0.05) is 11.1 Å². The Labute approximate surface area is 117 Å². The Morgan fingerprint density at radius 3 is 2.79 bits per heavy atom. The zero-order chi connectivity index (χ0) is 13.7. The van der Waals surface area contributed by atoms with E-state index in [0.717, 1.165) is 21.2 Å². The summed E-state index contributed by atoms with van der Waals surface area (Å²) in [6.45, 7) is 1.95. The van der Waals surface area contributed by atoms with Gasteiger partial charge in [-0.3, -0.25) is 0 Å². The molecule has 1 heterocycles. The van der Waals surface area contributed by atoms with Crippen molar-refractivity contribution in [2.45, 2.75) is 29.4 Å². The van der Waals surface area contributed by atoms with Crippen molar-refractivity contribution in [1.82, 2.24) is 4.98 Å². The third-order valence-electron chi connectivity index (χ3n) is 2.79. The number of benzene rings is 1.